The second kappa shape index (κ2) is 5.51. The molecule has 3 rings (SSSR count). The molecule has 5 N–H and O–H groups in total. The van der Waals surface area contributed by atoms with Gasteiger partial charge in [-0.15, -0.1) is 6.42 Å². The predicted octanol–water partition coefficient (Wildman–Crippen LogP) is -1.80. The minimum absolute atomic E-state index is 0.155. The third kappa shape index (κ3) is 2.10. The minimum Gasteiger partial charge on any atom is -0.394 e. The second-order valence-electron chi connectivity index (χ2n) is 4.94. The molecule has 1 saturated heterocycles. The third-order valence-electron chi connectivity index (χ3n) is 3.61. The van der Waals surface area contributed by atoms with E-state index in [0.717, 1.165) is 0 Å². The lowest BCUT2D eigenvalue weighted by molar-refractivity contribution is -0.0521. The lowest BCUT2D eigenvalue weighted by atomic mass is 10.1. The number of fused-ring (bicyclic) bond motifs is 1. The van der Waals surface area contributed by atoms with Crippen molar-refractivity contribution in [3.05, 3.63) is 12.2 Å². The van der Waals surface area contributed by atoms with Gasteiger partial charge in [0.1, 0.15) is 30.5 Å². The molecule has 9 heteroatoms. The molecule has 1 aliphatic heterocycles. The maximum absolute atomic E-state index is 10.2. The molecular weight excluding hydrogens is 290 g/mol. The Labute approximate surface area is 125 Å². The molecule has 1 aliphatic rings. The van der Waals surface area contributed by atoms with Gasteiger partial charge in [-0.25, -0.2) is 15.0 Å². The zero-order chi connectivity index (χ0) is 15.9. The molecule has 9 nitrogen and oxygen atoms in total. The van der Waals surface area contributed by atoms with Crippen LogP contribution in [0.1, 0.15) is 12.1 Å². The number of aliphatic hydroxyl groups is 3. The average molecular weight is 305 g/mol. The van der Waals surface area contributed by atoms with Gasteiger partial charge in [-0.2, -0.15) is 0 Å². The number of ether oxygens (including phenoxy) is 1. The molecule has 2 aromatic rings. The van der Waals surface area contributed by atoms with E-state index in [9.17, 15) is 15.3 Å². The topological polar surface area (TPSA) is 140 Å². The number of nitrogens with zero attached hydrogens (tertiary/aromatic N) is 4. The normalized spacial score (nSPS) is 28.1. The number of hydrogen-bond acceptors (Lipinski definition) is 8. The van der Waals surface area contributed by atoms with E-state index in [2.05, 4.69) is 20.9 Å². The maximum Gasteiger partial charge on any atom is 0.167 e. The van der Waals surface area contributed by atoms with Crippen molar-refractivity contribution in [3.8, 4) is 12.3 Å². The van der Waals surface area contributed by atoms with E-state index in [4.69, 9.17) is 16.9 Å². The van der Waals surface area contributed by atoms with Gasteiger partial charge >= 0.3 is 0 Å². The summed E-state index contributed by atoms with van der Waals surface area (Å²) in [7, 11) is 0. The smallest absolute Gasteiger partial charge is 0.167 e. The fourth-order valence-electron chi connectivity index (χ4n) is 2.55. The van der Waals surface area contributed by atoms with Crippen LogP contribution in [0.15, 0.2) is 6.33 Å². The molecule has 0 radical (unpaired) electrons. The lowest BCUT2D eigenvalue weighted by Crippen LogP contribution is -2.33. The van der Waals surface area contributed by atoms with Gasteiger partial charge in [0.2, 0.25) is 0 Å². The van der Waals surface area contributed by atoms with Gasteiger partial charge in [-0.05, 0) is 0 Å². The van der Waals surface area contributed by atoms with E-state index >= 15 is 0 Å². The van der Waals surface area contributed by atoms with Crippen molar-refractivity contribution in [2.75, 3.05) is 12.3 Å². The Morgan fingerprint density at radius 2 is 2.14 bits per heavy atom. The van der Waals surface area contributed by atoms with Crippen molar-refractivity contribution < 1.29 is 20.1 Å². The van der Waals surface area contributed by atoms with Gasteiger partial charge in [-0.1, -0.05) is 5.92 Å². The van der Waals surface area contributed by atoms with Crippen LogP contribution in [0.2, 0.25) is 0 Å². The van der Waals surface area contributed by atoms with Crippen molar-refractivity contribution in [2.45, 2.75) is 31.0 Å². The van der Waals surface area contributed by atoms with Crippen LogP contribution in [-0.2, 0) is 11.2 Å². The van der Waals surface area contributed by atoms with Gasteiger partial charge in [-0.3, -0.25) is 4.57 Å². The molecule has 0 bridgehead atoms. The highest BCUT2D eigenvalue weighted by molar-refractivity contribution is 5.82. The highest BCUT2D eigenvalue weighted by Gasteiger charge is 2.44. The summed E-state index contributed by atoms with van der Waals surface area (Å²) in [5, 5.41) is 29.3. The SMILES string of the molecule is C#CCc1nc2c(N)ncnc2n1[C@@H]1O[C@H](CO)[C@@H](O)[C@H]1O. The van der Waals surface area contributed by atoms with E-state index < -0.39 is 31.1 Å². The standard InChI is InChI=1S/C13H15N5O4/c1-2-3-7-17-8-11(14)15-5-16-12(8)18(7)13-10(21)9(20)6(4-19)22-13/h1,5-6,9-10,13,19-21H,3-4H2,(H2,14,15,16)/t6-,9-,10-,13-/m1/s1. The molecule has 0 amide bonds. The quantitative estimate of drug-likeness (QED) is 0.487. The van der Waals surface area contributed by atoms with Crippen molar-refractivity contribution in [1.82, 2.24) is 19.5 Å². The Morgan fingerprint density at radius 1 is 1.36 bits per heavy atom. The second-order valence-corrected chi connectivity index (χ2v) is 4.94. The van der Waals surface area contributed by atoms with E-state index in [1.807, 2.05) is 0 Å². The van der Waals surface area contributed by atoms with Crippen LogP contribution in [0.5, 0.6) is 0 Å². The first-order chi connectivity index (χ1) is 10.6. The number of nitrogens with two attached hydrogens (primary N) is 1. The Bertz CT molecular complexity index is 740. The number of rotatable bonds is 3. The molecule has 0 spiro atoms. The third-order valence-corrected chi connectivity index (χ3v) is 3.61. The van der Waals surface area contributed by atoms with Crippen LogP contribution in [-0.4, -0.2) is 59.8 Å². The Hall–Kier alpha value is -2.25. The number of terminal acetylenes is 1. The molecule has 116 valence electrons. The highest BCUT2D eigenvalue weighted by atomic mass is 16.6. The van der Waals surface area contributed by atoms with Crippen LogP contribution < -0.4 is 5.73 Å². The predicted molar refractivity (Wildman–Crippen MR) is 75.3 cm³/mol. The molecule has 4 atom stereocenters. The maximum atomic E-state index is 10.2. The lowest BCUT2D eigenvalue weighted by Gasteiger charge is -2.18. The molecule has 0 saturated carbocycles. The molecule has 0 unspecified atom stereocenters. The number of hydrogen-bond donors (Lipinski definition) is 4. The van der Waals surface area contributed by atoms with E-state index in [1.165, 1.54) is 10.9 Å². The van der Waals surface area contributed by atoms with E-state index in [1.54, 1.807) is 0 Å². The largest absolute Gasteiger partial charge is 0.394 e. The van der Waals surface area contributed by atoms with E-state index in [-0.39, 0.29) is 12.2 Å². The van der Waals surface area contributed by atoms with Crippen LogP contribution in [0.25, 0.3) is 11.2 Å². The summed E-state index contributed by atoms with van der Waals surface area (Å²) < 4.78 is 7.00. The van der Waals surface area contributed by atoms with Gasteiger partial charge in [0.15, 0.2) is 23.2 Å². The number of imidazole rings is 1. The van der Waals surface area contributed by atoms with Crippen molar-refractivity contribution in [2.24, 2.45) is 0 Å². The van der Waals surface area contributed by atoms with Crippen LogP contribution in [0.3, 0.4) is 0 Å². The van der Waals surface area contributed by atoms with E-state index in [0.29, 0.717) is 17.0 Å². The van der Waals surface area contributed by atoms with Gasteiger partial charge in [0.05, 0.1) is 13.0 Å². The summed E-state index contributed by atoms with van der Waals surface area (Å²) >= 11 is 0. The summed E-state index contributed by atoms with van der Waals surface area (Å²) in [4.78, 5) is 12.3. The summed E-state index contributed by atoms with van der Waals surface area (Å²) in [6, 6.07) is 0. The van der Waals surface area contributed by atoms with Crippen molar-refractivity contribution in [3.63, 3.8) is 0 Å². The molecule has 1 fully saturated rings. The summed E-state index contributed by atoms with van der Waals surface area (Å²) in [5.41, 5.74) is 6.46. The first kappa shape index (κ1) is 14.7. The van der Waals surface area contributed by atoms with Gasteiger partial charge < -0.3 is 25.8 Å². The van der Waals surface area contributed by atoms with Crippen LogP contribution in [0, 0.1) is 12.3 Å². The monoisotopic (exact) mass is 305 g/mol. The first-order valence-corrected chi connectivity index (χ1v) is 6.61. The highest BCUT2D eigenvalue weighted by Crippen LogP contribution is 2.33. The molecular formula is C13H15N5O4. The summed E-state index contributed by atoms with van der Waals surface area (Å²) in [6.45, 7) is -0.428. The van der Waals surface area contributed by atoms with Gasteiger partial charge in [0, 0.05) is 0 Å². The number of aliphatic hydroxyl groups excluding tert-OH is 3. The zero-order valence-electron chi connectivity index (χ0n) is 11.5. The molecule has 2 aromatic heterocycles. The fourth-order valence-corrected chi connectivity index (χ4v) is 2.55. The zero-order valence-corrected chi connectivity index (χ0v) is 11.5. The fraction of sp³-hybridized carbons (Fsp3) is 0.462. The van der Waals surface area contributed by atoms with Crippen molar-refractivity contribution >= 4 is 17.0 Å². The average Bonchev–Trinajstić information content (AvgIpc) is 3.00. The number of aromatic nitrogens is 4. The summed E-state index contributed by atoms with van der Waals surface area (Å²) in [6.07, 6.45) is 2.38. The van der Waals surface area contributed by atoms with Crippen LogP contribution in [0.4, 0.5) is 5.82 Å². The Kier molecular flexibility index (Phi) is 3.67. The minimum atomic E-state index is -1.26. The summed E-state index contributed by atoms with van der Waals surface area (Å²) in [5.74, 6) is 3.04. The molecule has 22 heavy (non-hydrogen) atoms. The first-order valence-electron chi connectivity index (χ1n) is 6.61. The number of anilines is 1. The van der Waals surface area contributed by atoms with Gasteiger partial charge in [0.25, 0.3) is 0 Å². The van der Waals surface area contributed by atoms with Crippen LogP contribution >= 0.6 is 0 Å². The molecule has 0 aromatic carbocycles. The molecule has 3 heterocycles. The Balaban J connectivity index is 2.15. The molecule has 0 aliphatic carbocycles. The van der Waals surface area contributed by atoms with Crippen molar-refractivity contribution in [1.29, 1.82) is 0 Å². The Morgan fingerprint density at radius 3 is 2.77 bits per heavy atom. The number of nitrogen functional groups attached to an aromatic ring is 1.